The average molecular weight is 242 g/mol. The van der Waals surface area contributed by atoms with E-state index in [0.717, 1.165) is 6.42 Å². The molecule has 0 aromatic heterocycles. The van der Waals surface area contributed by atoms with Gasteiger partial charge in [0, 0.05) is 12.5 Å². The molecule has 1 aliphatic rings. The topological polar surface area (TPSA) is 35.5 Å². The van der Waals surface area contributed by atoms with Crippen molar-refractivity contribution in [2.45, 2.75) is 54.1 Å². The van der Waals surface area contributed by atoms with Gasteiger partial charge in [-0.15, -0.1) is 0 Å². The van der Waals surface area contributed by atoms with Crippen LogP contribution in [0, 0.1) is 16.2 Å². The van der Waals surface area contributed by atoms with Crippen molar-refractivity contribution in [2.24, 2.45) is 16.2 Å². The lowest BCUT2D eigenvalue weighted by molar-refractivity contribution is -0.159. The van der Waals surface area contributed by atoms with Gasteiger partial charge in [-0.3, -0.25) is 0 Å². The molecule has 0 saturated heterocycles. The van der Waals surface area contributed by atoms with Gasteiger partial charge in [-0.05, 0) is 17.3 Å². The molecule has 1 saturated carbocycles. The van der Waals surface area contributed by atoms with E-state index >= 15 is 0 Å². The van der Waals surface area contributed by atoms with Gasteiger partial charge in [-0.25, -0.2) is 4.79 Å². The summed E-state index contributed by atoms with van der Waals surface area (Å²) in [5.74, 6) is -0.265. The van der Waals surface area contributed by atoms with E-state index in [0.29, 0.717) is 0 Å². The third-order valence-corrected chi connectivity index (χ3v) is 5.34. The number of rotatable bonds is 3. The summed E-state index contributed by atoms with van der Waals surface area (Å²) >= 11 is 0. The van der Waals surface area contributed by atoms with E-state index in [1.165, 1.54) is 7.11 Å². The van der Waals surface area contributed by atoms with Gasteiger partial charge in [0.1, 0.15) is 12.7 Å². The minimum Gasteiger partial charge on any atom is -0.460 e. The van der Waals surface area contributed by atoms with Gasteiger partial charge >= 0.3 is 5.97 Å². The van der Waals surface area contributed by atoms with E-state index in [2.05, 4.69) is 41.5 Å². The Morgan fingerprint density at radius 2 is 1.71 bits per heavy atom. The normalized spacial score (nSPS) is 29.0. The zero-order valence-corrected chi connectivity index (χ0v) is 12.2. The largest absolute Gasteiger partial charge is 0.460 e. The molecule has 0 amide bonds. The molecule has 0 radical (unpaired) electrons. The Hall–Kier alpha value is -0.570. The number of ether oxygens (including phenoxy) is 2. The van der Waals surface area contributed by atoms with Crippen molar-refractivity contribution >= 4 is 5.97 Å². The van der Waals surface area contributed by atoms with Crippen LogP contribution >= 0.6 is 0 Å². The second kappa shape index (κ2) is 4.27. The first-order valence-corrected chi connectivity index (χ1v) is 6.24. The first kappa shape index (κ1) is 14.5. The van der Waals surface area contributed by atoms with Gasteiger partial charge in [0.2, 0.25) is 0 Å². The summed E-state index contributed by atoms with van der Waals surface area (Å²) < 4.78 is 10.4. The van der Waals surface area contributed by atoms with Crippen molar-refractivity contribution in [3.63, 3.8) is 0 Å². The van der Waals surface area contributed by atoms with Crippen molar-refractivity contribution in [1.29, 1.82) is 0 Å². The van der Waals surface area contributed by atoms with Crippen LogP contribution in [0.5, 0.6) is 0 Å². The molecule has 1 unspecified atom stereocenters. The molecule has 17 heavy (non-hydrogen) atoms. The van der Waals surface area contributed by atoms with E-state index in [1.807, 2.05) is 0 Å². The number of carbonyl (C=O) groups excluding carboxylic acids is 1. The lowest BCUT2D eigenvalue weighted by Crippen LogP contribution is -2.41. The van der Waals surface area contributed by atoms with Crippen LogP contribution in [0.2, 0.25) is 0 Å². The summed E-state index contributed by atoms with van der Waals surface area (Å²) in [6.07, 6.45) is 0.873. The first-order chi connectivity index (χ1) is 7.56. The van der Waals surface area contributed by atoms with Gasteiger partial charge in [0.25, 0.3) is 0 Å². The Labute approximate surface area is 105 Å². The molecule has 1 fully saturated rings. The van der Waals surface area contributed by atoms with E-state index in [1.54, 1.807) is 0 Å². The molecule has 0 bridgehead atoms. The fraction of sp³-hybridized carbons (Fsp3) is 0.929. The van der Waals surface area contributed by atoms with E-state index in [4.69, 9.17) is 9.47 Å². The van der Waals surface area contributed by atoms with Crippen LogP contribution in [0.1, 0.15) is 48.0 Å². The van der Waals surface area contributed by atoms with Crippen molar-refractivity contribution in [1.82, 2.24) is 0 Å². The van der Waals surface area contributed by atoms with Crippen LogP contribution in [0.3, 0.4) is 0 Å². The smallest absolute Gasteiger partial charge is 0.332 e. The van der Waals surface area contributed by atoms with Gasteiger partial charge in [0.05, 0.1) is 0 Å². The maximum absolute atomic E-state index is 11.6. The summed E-state index contributed by atoms with van der Waals surface area (Å²) in [6, 6.07) is 0. The number of carbonyl (C=O) groups is 1. The van der Waals surface area contributed by atoms with Crippen LogP contribution in [0.15, 0.2) is 0 Å². The highest BCUT2D eigenvalue weighted by molar-refractivity contribution is 5.71. The lowest BCUT2D eigenvalue weighted by Gasteiger charge is -2.44. The molecule has 100 valence electrons. The highest BCUT2D eigenvalue weighted by atomic mass is 16.6. The van der Waals surface area contributed by atoms with Gasteiger partial charge in [0.15, 0.2) is 0 Å². The molecule has 3 nitrogen and oxygen atoms in total. The van der Waals surface area contributed by atoms with Crippen molar-refractivity contribution < 1.29 is 14.3 Å². The fourth-order valence-corrected chi connectivity index (χ4v) is 2.75. The third kappa shape index (κ3) is 2.22. The molecule has 1 atom stereocenters. The molecule has 0 aliphatic heterocycles. The zero-order valence-electron chi connectivity index (χ0n) is 12.2. The van der Waals surface area contributed by atoms with Crippen LogP contribution in [0.4, 0.5) is 0 Å². The Morgan fingerprint density at radius 3 is 2.06 bits per heavy atom. The summed E-state index contributed by atoms with van der Waals surface area (Å²) in [5, 5.41) is 0. The Bertz CT molecular complexity index is 303. The molecular weight excluding hydrogens is 216 g/mol. The van der Waals surface area contributed by atoms with Crippen LogP contribution < -0.4 is 0 Å². The third-order valence-electron chi connectivity index (χ3n) is 5.34. The molecule has 0 N–H and O–H groups in total. The molecular formula is C14H26O3. The molecule has 0 aromatic carbocycles. The molecule has 0 aromatic rings. The van der Waals surface area contributed by atoms with Crippen LogP contribution in [0.25, 0.3) is 0 Å². The van der Waals surface area contributed by atoms with Gasteiger partial charge in [-0.1, -0.05) is 41.5 Å². The SMILES string of the molecule is COCC(=O)OC1CC(C)(C)C(C)(C)C1(C)C. The van der Waals surface area contributed by atoms with Crippen LogP contribution in [-0.2, 0) is 14.3 Å². The minimum atomic E-state index is -0.265. The second-order valence-electron chi connectivity index (χ2n) is 6.85. The predicted molar refractivity (Wildman–Crippen MR) is 67.7 cm³/mol. The van der Waals surface area contributed by atoms with Gasteiger partial charge in [-0.2, -0.15) is 0 Å². The van der Waals surface area contributed by atoms with Crippen molar-refractivity contribution in [3.8, 4) is 0 Å². The molecule has 1 rings (SSSR count). The van der Waals surface area contributed by atoms with Crippen molar-refractivity contribution in [3.05, 3.63) is 0 Å². The van der Waals surface area contributed by atoms with E-state index in [-0.39, 0.29) is 34.9 Å². The van der Waals surface area contributed by atoms with E-state index in [9.17, 15) is 4.79 Å². The van der Waals surface area contributed by atoms with Crippen molar-refractivity contribution in [2.75, 3.05) is 13.7 Å². The first-order valence-electron chi connectivity index (χ1n) is 6.24. The standard InChI is InChI=1S/C14H26O3/c1-12(2)8-10(17-11(15)9-16-7)13(3,4)14(12,5)6/h10H,8-9H2,1-7H3. The molecule has 0 spiro atoms. The number of methoxy groups -OCH3 is 1. The Balaban J connectivity index is 2.87. The molecule has 3 heteroatoms. The number of esters is 1. The summed E-state index contributed by atoms with van der Waals surface area (Å²) in [5.41, 5.74) is 0.256. The maximum Gasteiger partial charge on any atom is 0.332 e. The quantitative estimate of drug-likeness (QED) is 0.714. The fourth-order valence-electron chi connectivity index (χ4n) is 2.75. The van der Waals surface area contributed by atoms with E-state index < -0.39 is 0 Å². The lowest BCUT2D eigenvalue weighted by atomic mass is 9.61. The minimum absolute atomic E-state index is 0.0279. The van der Waals surface area contributed by atoms with Crippen LogP contribution in [-0.4, -0.2) is 25.8 Å². The number of hydrogen-bond donors (Lipinski definition) is 0. The highest BCUT2D eigenvalue weighted by Crippen LogP contribution is 2.62. The summed E-state index contributed by atoms with van der Waals surface area (Å²) in [4.78, 5) is 11.6. The summed E-state index contributed by atoms with van der Waals surface area (Å²) in [6.45, 7) is 13.4. The Kier molecular flexibility index (Phi) is 3.64. The highest BCUT2D eigenvalue weighted by Gasteiger charge is 2.60. The number of hydrogen-bond acceptors (Lipinski definition) is 3. The molecule has 1 aliphatic carbocycles. The second-order valence-corrected chi connectivity index (χ2v) is 6.85. The van der Waals surface area contributed by atoms with Gasteiger partial charge < -0.3 is 9.47 Å². The maximum atomic E-state index is 11.6. The molecule has 0 heterocycles. The zero-order chi connectivity index (χ0) is 13.5. The average Bonchev–Trinajstić information content (AvgIpc) is 2.25. The summed E-state index contributed by atoms with van der Waals surface area (Å²) in [7, 11) is 1.51. The predicted octanol–water partition coefficient (Wildman–Crippen LogP) is 3.03. The monoisotopic (exact) mass is 242 g/mol. The Morgan fingerprint density at radius 1 is 1.18 bits per heavy atom.